The lowest BCUT2D eigenvalue weighted by Gasteiger charge is -2.32. The minimum atomic E-state index is -0.515. The smallest absolute Gasteiger partial charge is 0.261 e. The number of rotatable bonds is 11. The van der Waals surface area contributed by atoms with Gasteiger partial charge in [-0.25, -0.2) is 4.39 Å². The Kier molecular flexibility index (Phi) is 9.34. The average molecular weight is 682 g/mol. The first-order chi connectivity index (χ1) is 23.8. The number of piperazine rings is 1. The number of likely N-dealkylation sites (N-methyl/N-ethyl adjacent to an activating group) is 1. The van der Waals surface area contributed by atoms with Crippen molar-refractivity contribution in [3.8, 4) is 22.9 Å². The van der Waals surface area contributed by atoms with Crippen molar-refractivity contribution in [3.63, 3.8) is 0 Å². The highest BCUT2D eigenvalue weighted by Crippen LogP contribution is 2.34. The van der Waals surface area contributed by atoms with Gasteiger partial charge in [-0.2, -0.15) is 0 Å². The number of aromatic nitrogens is 3. The van der Waals surface area contributed by atoms with Crippen LogP contribution in [0.5, 0.6) is 11.6 Å². The summed E-state index contributed by atoms with van der Waals surface area (Å²) in [4.78, 5) is 36.1. The third kappa shape index (κ3) is 7.02. The molecule has 0 unspecified atom stereocenters. The first-order valence-corrected chi connectivity index (χ1v) is 16.3. The summed E-state index contributed by atoms with van der Waals surface area (Å²) in [6.07, 6.45) is 1.67. The highest BCUT2D eigenvalue weighted by molar-refractivity contribution is 6.30. The third-order valence-corrected chi connectivity index (χ3v) is 8.89. The molecule has 5 aromatic rings. The largest absolute Gasteiger partial charge is 0.492 e. The Hall–Kier alpha value is -5.17. The summed E-state index contributed by atoms with van der Waals surface area (Å²) in [5.41, 5.74) is 2.88. The van der Waals surface area contributed by atoms with Gasteiger partial charge in [-0.3, -0.25) is 24.4 Å². The molecule has 2 aliphatic rings. The summed E-state index contributed by atoms with van der Waals surface area (Å²) < 4.78 is 26.9. The molecule has 11 nitrogen and oxygen atoms in total. The molecule has 7 rings (SSSR count). The van der Waals surface area contributed by atoms with Crippen LogP contribution in [0.2, 0.25) is 5.02 Å². The van der Waals surface area contributed by atoms with Crippen molar-refractivity contribution >= 4 is 45.7 Å². The number of carbonyl (C=O) groups excluding carboxylic acids is 2. The van der Waals surface area contributed by atoms with E-state index in [0.717, 1.165) is 43.0 Å². The van der Waals surface area contributed by atoms with Crippen LogP contribution in [-0.2, 0) is 0 Å². The second kappa shape index (κ2) is 14.1. The molecule has 0 bridgehead atoms. The van der Waals surface area contributed by atoms with Gasteiger partial charge in [0.15, 0.2) is 0 Å². The van der Waals surface area contributed by atoms with Gasteiger partial charge in [0.2, 0.25) is 0 Å². The lowest BCUT2D eigenvalue weighted by Crippen LogP contribution is -2.45. The monoisotopic (exact) mass is 681 g/mol. The lowest BCUT2D eigenvalue weighted by molar-refractivity contribution is 0.0630. The van der Waals surface area contributed by atoms with Crippen LogP contribution in [0.25, 0.3) is 22.2 Å². The maximum Gasteiger partial charge on any atom is 0.261 e. The molecule has 250 valence electrons. The van der Waals surface area contributed by atoms with Crippen LogP contribution in [0.1, 0.15) is 20.7 Å². The number of hydrogen-bond acceptors (Lipinski definition) is 10. The maximum absolute atomic E-state index is 14.9. The second-order valence-electron chi connectivity index (χ2n) is 11.9. The summed E-state index contributed by atoms with van der Waals surface area (Å²) in [5, 5.41) is 13.0. The first-order valence-electron chi connectivity index (χ1n) is 15.9. The number of hydrogen-bond donors (Lipinski definition) is 1. The predicted molar refractivity (Wildman–Crippen MR) is 184 cm³/mol. The Labute approximate surface area is 287 Å². The standard InChI is InChI=1S/C36H33ClFN7O4/c1-43-12-14-44(15-13-43)16-18-48-24-7-8-27-30(10-11-39-31(27)21-24)40-33-22-32(28-20-23(37)6-9-29(28)38)41-42-34(33)49-19-17-45-35(46)25-4-2-3-5-26(25)36(45)47/h2-11,20-22H,12-19H2,1H3,(H,39,40,41). The summed E-state index contributed by atoms with van der Waals surface area (Å²) in [6.45, 7) is 5.52. The number of carbonyl (C=O) groups is 2. The van der Waals surface area contributed by atoms with Gasteiger partial charge in [0.05, 0.1) is 28.9 Å². The molecule has 0 saturated carbocycles. The first kappa shape index (κ1) is 32.4. The van der Waals surface area contributed by atoms with Crippen molar-refractivity contribution in [2.45, 2.75) is 0 Å². The molecule has 0 atom stereocenters. The molecule has 0 aliphatic carbocycles. The van der Waals surface area contributed by atoms with Gasteiger partial charge in [0.1, 0.15) is 30.5 Å². The number of amides is 2. The number of fused-ring (bicyclic) bond motifs is 2. The highest BCUT2D eigenvalue weighted by atomic mass is 35.5. The van der Waals surface area contributed by atoms with E-state index in [1.165, 1.54) is 18.2 Å². The van der Waals surface area contributed by atoms with Gasteiger partial charge in [-0.1, -0.05) is 23.7 Å². The minimum absolute atomic E-state index is 0.00604. The molecule has 0 spiro atoms. The molecular formula is C36H33ClFN7O4. The van der Waals surface area contributed by atoms with Crippen molar-refractivity contribution in [2.75, 3.05) is 64.8 Å². The zero-order chi connectivity index (χ0) is 33.9. The summed E-state index contributed by atoms with van der Waals surface area (Å²) in [7, 11) is 2.14. The molecule has 1 fully saturated rings. The molecule has 3 aromatic carbocycles. The molecule has 1 saturated heterocycles. The normalized spacial score (nSPS) is 15.1. The number of nitrogens with zero attached hydrogens (tertiary/aromatic N) is 6. The van der Waals surface area contributed by atoms with Gasteiger partial charge < -0.3 is 19.7 Å². The van der Waals surface area contributed by atoms with E-state index in [9.17, 15) is 14.0 Å². The van der Waals surface area contributed by atoms with E-state index in [1.54, 1.807) is 42.6 Å². The molecule has 13 heteroatoms. The fourth-order valence-corrected chi connectivity index (χ4v) is 6.09. The number of anilines is 2. The third-order valence-electron chi connectivity index (χ3n) is 8.65. The Morgan fingerprint density at radius 2 is 1.57 bits per heavy atom. The molecule has 2 aliphatic heterocycles. The van der Waals surface area contributed by atoms with E-state index in [0.29, 0.717) is 45.4 Å². The van der Waals surface area contributed by atoms with Gasteiger partial charge >= 0.3 is 0 Å². The number of nitrogens with one attached hydrogen (secondary N) is 1. The Morgan fingerprint density at radius 1 is 0.816 bits per heavy atom. The van der Waals surface area contributed by atoms with Crippen molar-refractivity contribution in [2.24, 2.45) is 0 Å². The van der Waals surface area contributed by atoms with Crippen LogP contribution >= 0.6 is 11.6 Å². The highest BCUT2D eigenvalue weighted by Gasteiger charge is 2.34. The van der Waals surface area contributed by atoms with Crippen LogP contribution in [0, 0.1) is 5.82 Å². The Morgan fingerprint density at radius 3 is 2.35 bits per heavy atom. The van der Waals surface area contributed by atoms with E-state index in [4.69, 9.17) is 21.1 Å². The molecular weight excluding hydrogens is 649 g/mol. The van der Waals surface area contributed by atoms with Gasteiger partial charge in [-0.15, -0.1) is 10.2 Å². The van der Waals surface area contributed by atoms with Crippen LogP contribution in [0.3, 0.4) is 0 Å². The van der Waals surface area contributed by atoms with Crippen LogP contribution in [-0.4, -0.2) is 101 Å². The topological polar surface area (TPSA) is 113 Å². The minimum Gasteiger partial charge on any atom is -0.492 e. The maximum atomic E-state index is 14.9. The van der Waals surface area contributed by atoms with E-state index in [1.807, 2.05) is 18.2 Å². The van der Waals surface area contributed by atoms with Gasteiger partial charge in [0.25, 0.3) is 17.7 Å². The molecule has 49 heavy (non-hydrogen) atoms. The molecule has 1 N–H and O–H groups in total. The van der Waals surface area contributed by atoms with E-state index in [2.05, 4.69) is 37.3 Å². The number of ether oxygens (including phenoxy) is 2. The quantitative estimate of drug-likeness (QED) is 0.179. The number of halogens is 2. The number of imide groups is 1. The predicted octanol–water partition coefficient (Wildman–Crippen LogP) is 5.53. The van der Waals surface area contributed by atoms with Crippen LogP contribution in [0.4, 0.5) is 15.8 Å². The van der Waals surface area contributed by atoms with Crippen molar-refractivity contribution in [3.05, 3.63) is 101 Å². The van der Waals surface area contributed by atoms with Gasteiger partial charge in [0, 0.05) is 66.6 Å². The van der Waals surface area contributed by atoms with Gasteiger partial charge in [-0.05, 0) is 61.6 Å². The fourth-order valence-electron chi connectivity index (χ4n) is 5.91. The summed E-state index contributed by atoms with van der Waals surface area (Å²) in [5.74, 6) is -0.472. The van der Waals surface area contributed by atoms with E-state index in [-0.39, 0.29) is 42.1 Å². The zero-order valence-electron chi connectivity index (χ0n) is 26.7. The summed E-state index contributed by atoms with van der Waals surface area (Å²) in [6, 6.07) is 20.0. The molecule has 4 heterocycles. The lowest BCUT2D eigenvalue weighted by atomic mass is 10.1. The number of pyridine rings is 1. The van der Waals surface area contributed by atoms with Crippen LogP contribution in [0.15, 0.2) is 79.0 Å². The van der Waals surface area contributed by atoms with Crippen molar-refractivity contribution < 1.29 is 23.5 Å². The van der Waals surface area contributed by atoms with E-state index < -0.39 is 5.82 Å². The molecule has 2 amide bonds. The average Bonchev–Trinajstić information content (AvgIpc) is 3.35. The number of benzene rings is 3. The molecule has 2 aromatic heterocycles. The van der Waals surface area contributed by atoms with E-state index >= 15 is 0 Å². The van der Waals surface area contributed by atoms with Crippen molar-refractivity contribution in [1.29, 1.82) is 0 Å². The summed E-state index contributed by atoms with van der Waals surface area (Å²) >= 11 is 6.17. The Balaban J connectivity index is 1.11. The second-order valence-corrected chi connectivity index (χ2v) is 12.3. The molecule has 0 radical (unpaired) electrons. The van der Waals surface area contributed by atoms with Crippen LogP contribution < -0.4 is 14.8 Å². The fraction of sp³-hybridized carbons (Fsp3) is 0.250. The Bertz CT molecular complexity index is 2000. The van der Waals surface area contributed by atoms with Crippen molar-refractivity contribution in [1.82, 2.24) is 29.9 Å². The zero-order valence-corrected chi connectivity index (χ0v) is 27.5. The SMILES string of the molecule is CN1CCN(CCOc2ccc3c(Nc4cc(-c5cc(Cl)ccc5F)nnc4OCCN4C(=O)c5ccccc5C4=O)ccnc3c2)CC1.